The number of hydrogen-bond acceptors (Lipinski definition) is 2. The summed E-state index contributed by atoms with van der Waals surface area (Å²) >= 11 is 0. The van der Waals surface area contributed by atoms with Crippen LogP contribution in [0, 0.1) is 0 Å². The molecule has 3 heteroatoms. The van der Waals surface area contributed by atoms with E-state index in [1.54, 1.807) is 42.5 Å². The SMILES string of the molecule is O=C(c1ccccn1)[C@H](F)c1ccccc1. The van der Waals surface area contributed by atoms with Gasteiger partial charge in [-0.1, -0.05) is 36.4 Å². The average molecular weight is 215 g/mol. The zero-order chi connectivity index (χ0) is 11.4. The number of benzene rings is 1. The second-order valence-corrected chi connectivity index (χ2v) is 3.35. The number of carbonyl (C=O) groups excluding carboxylic acids is 1. The van der Waals surface area contributed by atoms with Gasteiger partial charge in [0, 0.05) is 6.20 Å². The van der Waals surface area contributed by atoms with Gasteiger partial charge in [0.15, 0.2) is 6.17 Å². The maximum atomic E-state index is 13.8. The predicted molar refractivity (Wildman–Crippen MR) is 58.9 cm³/mol. The molecule has 2 rings (SSSR count). The first-order valence-corrected chi connectivity index (χ1v) is 4.93. The average Bonchev–Trinajstić information content (AvgIpc) is 2.39. The Morgan fingerprint density at radius 2 is 1.75 bits per heavy atom. The molecule has 0 spiro atoms. The van der Waals surface area contributed by atoms with Crippen LogP contribution in [0.4, 0.5) is 4.39 Å². The molecule has 0 aliphatic rings. The van der Waals surface area contributed by atoms with Crippen LogP contribution < -0.4 is 0 Å². The summed E-state index contributed by atoms with van der Waals surface area (Å²) in [6.07, 6.45) is -0.165. The lowest BCUT2D eigenvalue weighted by molar-refractivity contribution is 0.0872. The van der Waals surface area contributed by atoms with Crippen molar-refractivity contribution in [3.05, 3.63) is 66.0 Å². The Hall–Kier alpha value is -2.03. The summed E-state index contributed by atoms with van der Waals surface area (Å²) in [5.41, 5.74) is 0.511. The van der Waals surface area contributed by atoms with Gasteiger partial charge < -0.3 is 0 Å². The Labute approximate surface area is 92.8 Å². The predicted octanol–water partition coefficient (Wildman–Crippen LogP) is 2.98. The molecule has 0 amide bonds. The minimum Gasteiger partial charge on any atom is -0.289 e. The normalized spacial score (nSPS) is 12.1. The van der Waals surface area contributed by atoms with Crippen molar-refractivity contribution in [2.24, 2.45) is 0 Å². The van der Waals surface area contributed by atoms with Crippen molar-refractivity contribution in [3.8, 4) is 0 Å². The van der Waals surface area contributed by atoms with Crippen LogP contribution in [0.1, 0.15) is 22.2 Å². The molecule has 1 aromatic carbocycles. The van der Waals surface area contributed by atoms with Gasteiger partial charge >= 0.3 is 0 Å². The molecule has 80 valence electrons. The molecule has 0 fully saturated rings. The molecule has 16 heavy (non-hydrogen) atoms. The van der Waals surface area contributed by atoms with E-state index in [1.165, 1.54) is 12.3 Å². The van der Waals surface area contributed by atoms with Gasteiger partial charge in [-0.15, -0.1) is 0 Å². The third-order valence-corrected chi connectivity index (χ3v) is 2.24. The van der Waals surface area contributed by atoms with E-state index in [4.69, 9.17) is 0 Å². The molecule has 0 unspecified atom stereocenters. The van der Waals surface area contributed by atoms with Gasteiger partial charge in [-0.3, -0.25) is 9.78 Å². The molecule has 2 nitrogen and oxygen atoms in total. The fourth-order valence-electron chi connectivity index (χ4n) is 1.41. The highest BCUT2D eigenvalue weighted by atomic mass is 19.1. The number of halogens is 1. The Bertz CT molecular complexity index is 470. The number of rotatable bonds is 3. The van der Waals surface area contributed by atoms with Crippen LogP contribution in [0.3, 0.4) is 0 Å². The third kappa shape index (κ3) is 2.14. The van der Waals surface area contributed by atoms with Crippen molar-refractivity contribution in [2.75, 3.05) is 0 Å². The number of alkyl halides is 1. The molecule has 0 aliphatic heterocycles. The summed E-state index contributed by atoms with van der Waals surface area (Å²) in [7, 11) is 0. The van der Waals surface area contributed by atoms with Crippen LogP contribution in [0.5, 0.6) is 0 Å². The van der Waals surface area contributed by atoms with E-state index in [0.717, 1.165) is 0 Å². The number of carbonyl (C=O) groups is 1. The highest BCUT2D eigenvalue weighted by Crippen LogP contribution is 2.20. The highest BCUT2D eigenvalue weighted by molar-refractivity contribution is 5.98. The number of ketones is 1. The van der Waals surface area contributed by atoms with Crippen LogP contribution in [-0.2, 0) is 0 Å². The lowest BCUT2D eigenvalue weighted by atomic mass is 10.0. The highest BCUT2D eigenvalue weighted by Gasteiger charge is 2.21. The van der Waals surface area contributed by atoms with E-state index >= 15 is 0 Å². The first-order valence-electron chi connectivity index (χ1n) is 4.93. The largest absolute Gasteiger partial charge is 0.289 e. The van der Waals surface area contributed by atoms with Crippen LogP contribution >= 0.6 is 0 Å². The minimum atomic E-state index is -1.64. The molecule has 0 N–H and O–H groups in total. The molecule has 0 saturated heterocycles. The summed E-state index contributed by atoms with van der Waals surface area (Å²) in [6.45, 7) is 0. The smallest absolute Gasteiger partial charge is 0.219 e. The fraction of sp³-hybridized carbons (Fsp3) is 0.0769. The fourth-order valence-corrected chi connectivity index (χ4v) is 1.41. The van der Waals surface area contributed by atoms with Crippen molar-refractivity contribution in [3.63, 3.8) is 0 Å². The van der Waals surface area contributed by atoms with Gasteiger partial charge in [0.1, 0.15) is 5.69 Å². The van der Waals surface area contributed by atoms with Gasteiger partial charge in [0.05, 0.1) is 0 Å². The Kier molecular flexibility index (Phi) is 3.05. The van der Waals surface area contributed by atoms with Crippen molar-refractivity contribution in [1.29, 1.82) is 0 Å². The number of nitrogens with zero attached hydrogens (tertiary/aromatic N) is 1. The Balaban J connectivity index is 2.24. The van der Waals surface area contributed by atoms with Gasteiger partial charge in [-0.2, -0.15) is 0 Å². The first kappa shape index (κ1) is 10.5. The standard InChI is InChI=1S/C13H10FNO/c14-12(10-6-2-1-3-7-10)13(16)11-8-4-5-9-15-11/h1-9,12H/t12-/m1/s1. The molecule has 1 heterocycles. The molecule has 0 bridgehead atoms. The van der Waals surface area contributed by atoms with Crippen molar-refractivity contribution in [1.82, 2.24) is 4.98 Å². The zero-order valence-electron chi connectivity index (χ0n) is 8.51. The van der Waals surface area contributed by atoms with Crippen LogP contribution in [-0.4, -0.2) is 10.8 Å². The second-order valence-electron chi connectivity index (χ2n) is 3.35. The number of Topliss-reactive ketones (excluding diaryl/α,β-unsaturated/α-hetero) is 1. The summed E-state index contributed by atoms with van der Waals surface area (Å²) in [4.78, 5) is 15.5. The van der Waals surface area contributed by atoms with Crippen molar-refractivity contribution in [2.45, 2.75) is 6.17 Å². The zero-order valence-corrected chi connectivity index (χ0v) is 8.51. The van der Waals surface area contributed by atoms with Gasteiger partial charge in [-0.05, 0) is 17.7 Å². The molecule has 0 saturated carbocycles. The van der Waals surface area contributed by atoms with Gasteiger partial charge in [0.2, 0.25) is 5.78 Å². The summed E-state index contributed by atoms with van der Waals surface area (Å²) in [5, 5.41) is 0. The molecule has 0 aliphatic carbocycles. The van der Waals surface area contributed by atoms with Crippen LogP contribution in [0.15, 0.2) is 54.7 Å². The van der Waals surface area contributed by atoms with Crippen LogP contribution in [0.25, 0.3) is 0 Å². The summed E-state index contributed by atoms with van der Waals surface area (Å²) < 4.78 is 13.8. The lowest BCUT2D eigenvalue weighted by Gasteiger charge is -2.06. The monoisotopic (exact) mass is 215 g/mol. The van der Waals surface area contributed by atoms with E-state index < -0.39 is 12.0 Å². The molecular formula is C13H10FNO. The van der Waals surface area contributed by atoms with Crippen LogP contribution in [0.2, 0.25) is 0 Å². The summed E-state index contributed by atoms with van der Waals surface area (Å²) in [5.74, 6) is -0.605. The molecule has 1 aromatic heterocycles. The van der Waals surface area contributed by atoms with Crippen molar-refractivity contribution >= 4 is 5.78 Å². The Morgan fingerprint density at radius 1 is 1.06 bits per heavy atom. The number of pyridine rings is 1. The maximum absolute atomic E-state index is 13.8. The van der Waals surface area contributed by atoms with E-state index in [1.807, 2.05) is 0 Å². The molecule has 0 radical (unpaired) electrons. The lowest BCUT2D eigenvalue weighted by Crippen LogP contribution is -2.09. The van der Waals surface area contributed by atoms with Gasteiger partial charge in [0.25, 0.3) is 0 Å². The molecular weight excluding hydrogens is 205 g/mol. The quantitative estimate of drug-likeness (QED) is 0.737. The number of aromatic nitrogens is 1. The maximum Gasteiger partial charge on any atom is 0.219 e. The third-order valence-electron chi connectivity index (χ3n) is 2.24. The second kappa shape index (κ2) is 4.66. The number of hydrogen-bond donors (Lipinski definition) is 0. The minimum absolute atomic E-state index is 0.152. The first-order chi connectivity index (χ1) is 7.79. The molecule has 1 atom stereocenters. The van der Waals surface area contributed by atoms with Gasteiger partial charge in [-0.25, -0.2) is 4.39 Å². The Morgan fingerprint density at radius 3 is 2.38 bits per heavy atom. The van der Waals surface area contributed by atoms with Crippen molar-refractivity contribution < 1.29 is 9.18 Å². The topological polar surface area (TPSA) is 30.0 Å². The van der Waals surface area contributed by atoms with E-state index in [0.29, 0.717) is 5.56 Å². The van der Waals surface area contributed by atoms with E-state index in [2.05, 4.69) is 4.98 Å². The van der Waals surface area contributed by atoms with E-state index in [-0.39, 0.29) is 5.69 Å². The molecule has 2 aromatic rings. The van der Waals surface area contributed by atoms with E-state index in [9.17, 15) is 9.18 Å². The summed E-state index contributed by atoms with van der Waals surface area (Å²) in [6, 6.07) is 13.2.